The molecule has 0 radical (unpaired) electrons. The van der Waals surface area contributed by atoms with Gasteiger partial charge in [0.15, 0.2) is 0 Å². The van der Waals surface area contributed by atoms with Crippen LogP contribution in [0.15, 0.2) is 54.6 Å². The van der Waals surface area contributed by atoms with Crippen molar-refractivity contribution in [2.24, 2.45) is 5.92 Å². The second kappa shape index (κ2) is 8.75. The summed E-state index contributed by atoms with van der Waals surface area (Å²) in [5, 5.41) is 4.54. The van der Waals surface area contributed by atoms with Crippen LogP contribution in [0.1, 0.15) is 38.3 Å². The van der Waals surface area contributed by atoms with Gasteiger partial charge in [0.1, 0.15) is 11.9 Å². The van der Waals surface area contributed by atoms with E-state index in [9.17, 15) is 0 Å². The van der Waals surface area contributed by atoms with Crippen molar-refractivity contribution in [3.63, 3.8) is 0 Å². The van der Waals surface area contributed by atoms with Crippen LogP contribution < -0.4 is 10.1 Å². The van der Waals surface area contributed by atoms with E-state index >= 15 is 0 Å². The Hall–Kier alpha value is -1.77. The lowest BCUT2D eigenvalue weighted by Gasteiger charge is -2.29. The van der Waals surface area contributed by atoms with Gasteiger partial charge in [0.2, 0.25) is 0 Å². The molecule has 2 nitrogen and oxygen atoms in total. The average Bonchev–Trinajstić information content (AvgIpc) is 2.66. The second-order valence-electron chi connectivity index (χ2n) is 7.33. The first kappa shape index (κ1) is 19.0. The summed E-state index contributed by atoms with van der Waals surface area (Å²) >= 11 is 6.00. The van der Waals surface area contributed by atoms with Crippen molar-refractivity contribution in [3.05, 3.63) is 70.8 Å². The Morgan fingerprint density at radius 3 is 2.50 bits per heavy atom. The number of para-hydroxylation sites is 1. The number of rotatable bonds is 7. The van der Waals surface area contributed by atoms with Crippen molar-refractivity contribution < 1.29 is 4.74 Å². The predicted octanol–water partition coefficient (Wildman–Crippen LogP) is 5.75. The topological polar surface area (TPSA) is 21.3 Å². The summed E-state index contributed by atoms with van der Waals surface area (Å²) in [5.74, 6) is 1.45. The van der Waals surface area contributed by atoms with E-state index < -0.39 is 0 Å². The smallest absolute Gasteiger partial charge is 0.127 e. The van der Waals surface area contributed by atoms with E-state index in [0.717, 1.165) is 30.2 Å². The molecule has 3 heteroatoms. The third kappa shape index (κ3) is 4.69. The number of fused-ring (bicyclic) bond motifs is 1. The quantitative estimate of drug-likeness (QED) is 0.670. The van der Waals surface area contributed by atoms with Crippen LogP contribution in [0.4, 0.5) is 0 Å². The van der Waals surface area contributed by atoms with Gasteiger partial charge in [-0.15, -0.1) is 0 Å². The fraction of sp³-hybridized carbons (Fsp3) is 0.391. The van der Waals surface area contributed by atoms with Gasteiger partial charge >= 0.3 is 0 Å². The summed E-state index contributed by atoms with van der Waals surface area (Å²) in [6, 6.07) is 16.9. The normalized spacial score (nSPS) is 17.4. The minimum Gasteiger partial charge on any atom is -0.485 e. The van der Waals surface area contributed by atoms with Gasteiger partial charge in [0.25, 0.3) is 0 Å². The van der Waals surface area contributed by atoms with E-state index in [-0.39, 0.29) is 6.10 Å². The van der Waals surface area contributed by atoms with Gasteiger partial charge in [-0.05, 0) is 54.2 Å². The molecule has 1 heterocycles. The number of hydrogen-bond donors (Lipinski definition) is 1. The Morgan fingerprint density at radius 1 is 1.08 bits per heavy atom. The Balaban J connectivity index is 1.70. The van der Waals surface area contributed by atoms with E-state index in [0.29, 0.717) is 12.0 Å². The number of halogens is 1. The summed E-state index contributed by atoms with van der Waals surface area (Å²) in [6.45, 7) is 7.50. The highest BCUT2D eigenvalue weighted by Crippen LogP contribution is 2.33. The van der Waals surface area contributed by atoms with Crippen LogP contribution in [-0.2, 0) is 6.42 Å². The first-order valence-electron chi connectivity index (χ1n) is 9.51. The van der Waals surface area contributed by atoms with E-state index in [1.54, 1.807) is 0 Å². The minimum absolute atomic E-state index is 0.137. The first-order valence-corrected chi connectivity index (χ1v) is 9.89. The molecule has 2 unspecified atom stereocenters. The van der Waals surface area contributed by atoms with Crippen molar-refractivity contribution >= 4 is 17.2 Å². The molecule has 0 amide bonds. The van der Waals surface area contributed by atoms with E-state index in [2.05, 4.69) is 62.5 Å². The summed E-state index contributed by atoms with van der Waals surface area (Å²) < 4.78 is 6.15. The molecule has 0 spiro atoms. The maximum atomic E-state index is 6.15. The average molecular weight is 370 g/mol. The van der Waals surface area contributed by atoms with Gasteiger partial charge < -0.3 is 10.1 Å². The summed E-state index contributed by atoms with van der Waals surface area (Å²) in [6.07, 6.45) is 4.52. The molecule has 3 rings (SSSR count). The molecule has 1 aliphatic rings. The van der Waals surface area contributed by atoms with Crippen molar-refractivity contribution in [1.82, 2.24) is 5.32 Å². The van der Waals surface area contributed by atoms with Crippen LogP contribution in [0.5, 0.6) is 5.75 Å². The molecule has 138 valence electrons. The molecule has 0 aliphatic carbocycles. The van der Waals surface area contributed by atoms with Crippen molar-refractivity contribution in [1.29, 1.82) is 0 Å². The molecule has 0 saturated carbocycles. The highest BCUT2D eigenvalue weighted by atomic mass is 35.5. The Morgan fingerprint density at radius 2 is 1.81 bits per heavy atom. The van der Waals surface area contributed by atoms with E-state index in [1.807, 2.05) is 18.2 Å². The van der Waals surface area contributed by atoms with Crippen LogP contribution >= 0.6 is 11.6 Å². The van der Waals surface area contributed by atoms with Gasteiger partial charge in [0, 0.05) is 23.2 Å². The Bertz CT molecular complexity index is 751. The van der Waals surface area contributed by atoms with Crippen molar-refractivity contribution in [3.8, 4) is 5.75 Å². The molecular formula is C23H28ClNO. The third-order valence-electron chi connectivity index (χ3n) is 4.99. The molecule has 1 aliphatic heterocycles. The maximum absolute atomic E-state index is 6.15. The summed E-state index contributed by atoms with van der Waals surface area (Å²) in [4.78, 5) is 0. The molecule has 2 aromatic rings. The number of benzene rings is 2. The maximum Gasteiger partial charge on any atom is 0.127 e. The number of ether oxygens (including phenoxy) is 1. The van der Waals surface area contributed by atoms with E-state index in [4.69, 9.17) is 16.3 Å². The zero-order valence-corrected chi connectivity index (χ0v) is 16.6. The van der Waals surface area contributed by atoms with Gasteiger partial charge in [-0.1, -0.05) is 62.7 Å². The van der Waals surface area contributed by atoms with Crippen LogP contribution in [0.2, 0.25) is 5.02 Å². The molecule has 0 fully saturated rings. The van der Waals surface area contributed by atoms with Gasteiger partial charge in [0.05, 0.1) is 0 Å². The molecular weight excluding hydrogens is 342 g/mol. The lowest BCUT2D eigenvalue weighted by Crippen LogP contribution is -2.33. The second-order valence-corrected chi connectivity index (χ2v) is 7.77. The van der Waals surface area contributed by atoms with Crippen LogP contribution in [0.3, 0.4) is 0 Å². The zero-order chi connectivity index (χ0) is 18.5. The molecule has 2 aromatic carbocycles. The fourth-order valence-corrected chi connectivity index (χ4v) is 3.43. The zero-order valence-electron chi connectivity index (χ0n) is 15.8. The number of nitrogens with one attached hydrogen (secondary N) is 1. The molecule has 0 bridgehead atoms. The van der Waals surface area contributed by atoms with Crippen LogP contribution in [-0.4, -0.2) is 18.7 Å². The van der Waals surface area contributed by atoms with Crippen LogP contribution in [0.25, 0.3) is 5.57 Å². The molecule has 26 heavy (non-hydrogen) atoms. The van der Waals surface area contributed by atoms with Crippen LogP contribution in [0, 0.1) is 5.92 Å². The monoisotopic (exact) mass is 369 g/mol. The molecule has 0 aromatic heterocycles. The SMILES string of the molecule is CCC(Cc1ccc(Cl)cc1)NCC1=CC(C(C)C)Oc2ccccc21. The van der Waals surface area contributed by atoms with Crippen molar-refractivity contribution in [2.75, 3.05) is 6.54 Å². The van der Waals surface area contributed by atoms with E-state index in [1.165, 1.54) is 16.7 Å². The predicted molar refractivity (Wildman–Crippen MR) is 111 cm³/mol. The number of hydrogen-bond acceptors (Lipinski definition) is 2. The summed E-state index contributed by atoms with van der Waals surface area (Å²) in [5.41, 5.74) is 3.86. The third-order valence-corrected chi connectivity index (χ3v) is 5.24. The highest BCUT2D eigenvalue weighted by molar-refractivity contribution is 6.30. The van der Waals surface area contributed by atoms with Gasteiger partial charge in [-0.25, -0.2) is 0 Å². The first-order chi connectivity index (χ1) is 12.6. The summed E-state index contributed by atoms with van der Waals surface area (Å²) in [7, 11) is 0. The van der Waals surface area contributed by atoms with Gasteiger partial charge in [-0.3, -0.25) is 0 Å². The fourth-order valence-electron chi connectivity index (χ4n) is 3.31. The standard InChI is InChI=1S/C23H28ClNO/c1-4-20(13-17-9-11-19(24)12-10-17)25-15-18-14-23(16(2)3)26-22-8-6-5-7-21(18)22/h5-12,14,16,20,23,25H,4,13,15H2,1-3H3. The Kier molecular flexibility index (Phi) is 6.39. The van der Waals surface area contributed by atoms with Gasteiger partial charge in [-0.2, -0.15) is 0 Å². The molecule has 2 atom stereocenters. The lowest BCUT2D eigenvalue weighted by molar-refractivity contribution is 0.193. The molecule has 1 N–H and O–H groups in total. The minimum atomic E-state index is 0.137. The lowest BCUT2D eigenvalue weighted by atomic mass is 9.95. The van der Waals surface area contributed by atoms with Crippen molar-refractivity contribution in [2.45, 2.75) is 45.8 Å². The molecule has 0 saturated heterocycles. The largest absolute Gasteiger partial charge is 0.485 e. The Labute approximate surface area is 162 Å². The highest BCUT2D eigenvalue weighted by Gasteiger charge is 2.22.